The largest absolute Gasteiger partial charge is 0.306 e. The Morgan fingerprint density at radius 3 is 2.24 bits per heavy atom. The van der Waals surface area contributed by atoms with Crippen molar-refractivity contribution >= 4 is 23.2 Å². The number of hydrogen-bond acceptors (Lipinski definition) is 3. The standard InChI is InChI=1S/C28H39Cl2N3/c1-18(2)26-25(10-11-33-14-12-32(5)13-15-33)31-28(24-17-22(30)7-6-19(24)3)27(26)23-9-8-21(29)16-20(23)4/h6-9,16-18,25-28,31H,10-15H2,1-5H3. The number of likely N-dealkylation sites (N-methyl/N-ethyl adjacent to an activating group) is 1. The Morgan fingerprint density at radius 1 is 0.909 bits per heavy atom. The Kier molecular flexibility index (Phi) is 8.08. The average Bonchev–Trinajstić information content (AvgIpc) is 3.14. The summed E-state index contributed by atoms with van der Waals surface area (Å²) in [6.45, 7) is 15.0. The van der Waals surface area contributed by atoms with Gasteiger partial charge in [0.15, 0.2) is 0 Å². The van der Waals surface area contributed by atoms with Crippen LogP contribution in [0.15, 0.2) is 36.4 Å². The smallest absolute Gasteiger partial charge is 0.0409 e. The SMILES string of the molecule is Cc1ccc(Cl)cc1C1NC(CCN2CCN(C)CC2)C(C(C)C)C1c1ccc(Cl)cc1C. The van der Waals surface area contributed by atoms with E-state index in [1.54, 1.807) is 0 Å². The van der Waals surface area contributed by atoms with Gasteiger partial charge < -0.3 is 15.1 Å². The molecule has 33 heavy (non-hydrogen) atoms. The van der Waals surface area contributed by atoms with E-state index in [1.807, 2.05) is 6.07 Å². The number of aryl methyl sites for hydroxylation is 2. The lowest BCUT2D eigenvalue weighted by atomic mass is 9.72. The molecule has 0 spiro atoms. The first-order valence-electron chi connectivity index (χ1n) is 12.4. The molecule has 0 saturated carbocycles. The van der Waals surface area contributed by atoms with Gasteiger partial charge >= 0.3 is 0 Å². The summed E-state index contributed by atoms with van der Waals surface area (Å²) in [6.07, 6.45) is 1.17. The maximum Gasteiger partial charge on any atom is 0.0409 e. The van der Waals surface area contributed by atoms with E-state index in [4.69, 9.17) is 23.2 Å². The van der Waals surface area contributed by atoms with Gasteiger partial charge in [0.05, 0.1) is 0 Å². The Bertz CT molecular complexity index is 952. The quantitative estimate of drug-likeness (QED) is 0.514. The van der Waals surface area contributed by atoms with Crippen molar-refractivity contribution < 1.29 is 0 Å². The maximum absolute atomic E-state index is 6.49. The summed E-state index contributed by atoms with van der Waals surface area (Å²) in [4.78, 5) is 5.07. The lowest BCUT2D eigenvalue weighted by Gasteiger charge is -2.34. The average molecular weight is 489 g/mol. The molecule has 0 bridgehead atoms. The molecule has 0 radical (unpaired) electrons. The summed E-state index contributed by atoms with van der Waals surface area (Å²) < 4.78 is 0. The first-order valence-corrected chi connectivity index (χ1v) is 13.2. The van der Waals surface area contributed by atoms with E-state index >= 15 is 0 Å². The van der Waals surface area contributed by atoms with E-state index in [9.17, 15) is 0 Å². The Labute approximate surface area is 210 Å². The lowest BCUT2D eigenvalue weighted by Crippen LogP contribution is -2.46. The minimum Gasteiger partial charge on any atom is -0.306 e. The zero-order chi connectivity index (χ0) is 23.7. The zero-order valence-corrected chi connectivity index (χ0v) is 22.3. The summed E-state index contributed by atoms with van der Waals surface area (Å²) >= 11 is 12.8. The summed E-state index contributed by atoms with van der Waals surface area (Å²) in [6, 6.07) is 13.5. The van der Waals surface area contributed by atoms with E-state index in [2.05, 4.69) is 80.2 Å². The van der Waals surface area contributed by atoms with Crippen LogP contribution in [0.3, 0.4) is 0 Å². The van der Waals surface area contributed by atoms with Crippen molar-refractivity contribution in [3.63, 3.8) is 0 Å². The summed E-state index contributed by atoms with van der Waals surface area (Å²) in [5, 5.41) is 5.74. The second-order valence-electron chi connectivity index (χ2n) is 10.5. The van der Waals surface area contributed by atoms with Crippen molar-refractivity contribution in [3.8, 4) is 0 Å². The van der Waals surface area contributed by atoms with Gasteiger partial charge in [0.25, 0.3) is 0 Å². The highest BCUT2D eigenvalue weighted by Gasteiger charge is 2.46. The van der Waals surface area contributed by atoms with E-state index in [0.717, 1.165) is 16.6 Å². The maximum atomic E-state index is 6.49. The minimum atomic E-state index is 0.244. The van der Waals surface area contributed by atoms with Crippen molar-refractivity contribution in [3.05, 3.63) is 68.7 Å². The molecule has 4 unspecified atom stereocenters. The zero-order valence-electron chi connectivity index (χ0n) is 20.7. The summed E-state index contributed by atoms with van der Waals surface area (Å²) in [5.74, 6) is 1.50. The third-order valence-corrected chi connectivity index (χ3v) is 8.39. The Morgan fingerprint density at radius 2 is 1.58 bits per heavy atom. The first kappa shape index (κ1) is 25.0. The van der Waals surface area contributed by atoms with Gasteiger partial charge in [-0.25, -0.2) is 0 Å². The molecule has 2 saturated heterocycles. The van der Waals surface area contributed by atoms with E-state index < -0.39 is 0 Å². The summed E-state index contributed by atoms with van der Waals surface area (Å²) in [5.41, 5.74) is 5.33. The molecular weight excluding hydrogens is 449 g/mol. The molecular formula is C28H39Cl2N3. The number of benzene rings is 2. The molecule has 2 aromatic rings. The second-order valence-corrected chi connectivity index (χ2v) is 11.4. The van der Waals surface area contributed by atoms with Crippen LogP contribution >= 0.6 is 23.2 Å². The molecule has 0 aromatic heterocycles. The van der Waals surface area contributed by atoms with E-state index in [0.29, 0.717) is 23.8 Å². The van der Waals surface area contributed by atoms with Gasteiger partial charge in [-0.05, 0) is 92.2 Å². The van der Waals surface area contributed by atoms with E-state index in [1.165, 1.54) is 54.9 Å². The Balaban J connectivity index is 1.68. The molecule has 1 N–H and O–H groups in total. The topological polar surface area (TPSA) is 18.5 Å². The number of hydrogen-bond donors (Lipinski definition) is 1. The van der Waals surface area contributed by atoms with Crippen LogP contribution in [0, 0.1) is 25.7 Å². The lowest BCUT2D eigenvalue weighted by molar-refractivity contribution is 0.144. The van der Waals surface area contributed by atoms with E-state index in [-0.39, 0.29) is 6.04 Å². The van der Waals surface area contributed by atoms with Crippen LogP contribution in [-0.2, 0) is 0 Å². The monoisotopic (exact) mass is 487 g/mol. The van der Waals surface area contributed by atoms with Crippen molar-refractivity contribution in [2.24, 2.45) is 11.8 Å². The fourth-order valence-electron chi connectivity index (χ4n) is 6.10. The van der Waals surface area contributed by atoms with Gasteiger partial charge in [0, 0.05) is 54.2 Å². The third-order valence-electron chi connectivity index (χ3n) is 7.92. The molecule has 0 aliphatic carbocycles. The molecule has 2 heterocycles. The minimum absolute atomic E-state index is 0.244. The van der Waals surface area contributed by atoms with Crippen LogP contribution in [-0.4, -0.2) is 55.6 Å². The van der Waals surface area contributed by atoms with Crippen molar-refractivity contribution in [2.45, 2.75) is 52.1 Å². The first-order chi connectivity index (χ1) is 15.7. The van der Waals surface area contributed by atoms with Gasteiger partial charge in [-0.2, -0.15) is 0 Å². The molecule has 0 amide bonds. The normalized spacial score (nSPS) is 26.9. The third kappa shape index (κ3) is 5.60. The second kappa shape index (κ2) is 10.7. The molecule has 180 valence electrons. The number of nitrogens with one attached hydrogen (secondary N) is 1. The van der Waals surface area contributed by atoms with Crippen LogP contribution < -0.4 is 5.32 Å². The highest BCUT2D eigenvalue weighted by Crippen LogP contribution is 2.50. The van der Waals surface area contributed by atoms with Gasteiger partial charge in [-0.3, -0.25) is 0 Å². The molecule has 4 rings (SSSR count). The van der Waals surface area contributed by atoms with Crippen molar-refractivity contribution in [1.82, 2.24) is 15.1 Å². The van der Waals surface area contributed by atoms with Crippen LogP contribution in [0.2, 0.25) is 10.0 Å². The molecule has 2 aromatic carbocycles. The number of halogens is 2. The van der Waals surface area contributed by atoms with Crippen LogP contribution in [0.1, 0.15) is 54.5 Å². The van der Waals surface area contributed by atoms with Crippen molar-refractivity contribution in [1.29, 1.82) is 0 Å². The summed E-state index contributed by atoms with van der Waals surface area (Å²) in [7, 11) is 2.22. The number of nitrogens with zero attached hydrogens (tertiary/aromatic N) is 2. The van der Waals surface area contributed by atoms with Gasteiger partial charge in [0.2, 0.25) is 0 Å². The Hall–Kier alpha value is -1.10. The van der Waals surface area contributed by atoms with Gasteiger partial charge in [0.1, 0.15) is 0 Å². The highest BCUT2D eigenvalue weighted by atomic mass is 35.5. The molecule has 3 nitrogen and oxygen atoms in total. The fraction of sp³-hybridized carbons (Fsp3) is 0.571. The molecule has 2 aliphatic rings. The van der Waals surface area contributed by atoms with Crippen molar-refractivity contribution in [2.75, 3.05) is 39.8 Å². The predicted octanol–water partition coefficient (Wildman–Crippen LogP) is 6.32. The number of rotatable bonds is 6. The molecule has 2 aliphatic heterocycles. The highest BCUT2D eigenvalue weighted by molar-refractivity contribution is 6.31. The fourth-order valence-corrected chi connectivity index (χ4v) is 6.50. The van der Waals surface area contributed by atoms with Gasteiger partial charge in [-0.1, -0.05) is 49.2 Å². The number of piperazine rings is 1. The van der Waals surface area contributed by atoms with Crippen LogP contribution in [0.5, 0.6) is 0 Å². The van der Waals surface area contributed by atoms with Crippen LogP contribution in [0.4, 0.5) is 0 Å². The predicted molar refractivity (Wildman–Crippen MR) is 142 cm³/mol. The van der Waals surface area contributed by atoms with Gasteiger partial charge in [-0.15, -0.1) is 0 Å². The molecule has 5 heteroatoms. The molecule has 2 fully saturated rings. The molecule has 4 atom stereocenters. The van der Waals surface area contributed by atoms with Crippen LogP contribution in [0.25, 0.3) is 0 Å².